The third kappa shape index (κ3) is 4.03. The standard InChI is InChI=1S/C16H17NO2S/c1-12-7-9-13(10-8-12)19-11-16(18)17-14-5-3-4-6-15(14)20-2/h3-10H,11H2,1-2H3,(H,17,18). The Morgan fingerprint density at radius 2 is 1.85 bits per heavy atom. The van der Waals surface area contributed by atoms with Gasteiger partial charge in [0, 0.05) is 4.90 Å². The topological polar surface area (TPSA) is 38.3 Å². The summed E-state index contributed by atoms with van der Waals surface area (Å²) in [5.41, 5.74) is 1.98. The van der Waals surface area contributed by atoms with Crippen molar-refractivity contribution < 1.29 is 9.53 Å². The number of carbonyl (C=O) groups excluding carboxylic acids is 1. The molecule has 0 bridgehead atoms. The number of rotatable bonds is 5. The van der Waals surface area contributed by atoms with Gasteiger partial charge in [0.1, 0.15) is 5.75 Å². The minimum atomic E-state index is -0.160. The highest BCUT2D eigenvalue weighted by molar-refractivity contribution is 7.98. The first-order chi connectivity index (χ1) is 9.69. The number of aryl methyl sites for hydroxylation is 1. The molecule has 0 saturated heterocycles. The minimum absolute atomic E-state index is 0.00573. The Morgan fingerprint density at radius 1 is 1.15 bits per heavy atom. The Balaban J connectivity index is 1.91. The second kappa shape index (κ2) is 7.01. The molecule has 4 heteroatoms. The van der Waals surface area contributed by atoms with Crippen LogP contribution in [0, 0.1) is 6.92 Å². The molecule has 0 spiro atoms. The largest absolute Gasteiger partial charge is 0.484 e. The van der Waals surface area contributed by atoms with Crippen molar-refractivity contribution in [3.63, 3.8) is 0 Å². The number of hydrogen-bond donors (Lipinski definition) is 1. The summed E-state index contributed by atoms with van der Waals surface area (Å²) < 4.78 is 5.45. The molecule has 0 heterocycles. The van der Waals surface area contributed by atoms with Crippen molar-refractivity contribution in [3.8, 4) is 5.75 Å². The fourth-order valence-corrected chi connectivity index (χ4v) is 2.27. The van der Waals surface area contributed by atoms with Crippen LogP contribution in [0.3, 0.4) is 0 Å². The molecule has 0 fully saturated rings. The van der Waals surface area contributed by atoms with Gasteiger partial charge >= 0.3 is 0 Å². The Hall–Kier alpha value is -1.94. The molecule has 0 aromatic heterocycles. The highest BCUT2D eigenvalue weighted by atomic mass is 32.2. The average Bonchev–Trinajstić information content (AvgIpc) is 2.47. The second-order valence-corrected chi connectivity index (χ2v) is 5.20. The maximum absolute atomic E-state index is 11.9. The summed E-state index contributed by atoms with van der Waals surface area (Å²) in [6, 6.07) is 15.3. The van der Waals surface area contributed by atoms with Crippen LogP contribution in [0.5, 0.6) is 5.75 Å². The first-order valence-electron chi connectivity index (χ1n) is 6.31. The lowest BCUT2D eigenvalue weighted by molar-refractivity contribution is -0.118. The zero-order valence-electron chi connectivity index (χ0n) is 11.6. The quantitative estimate of drug-likeness (QED) is 0.851. The van der Waals surface area contributed by atoms with Crippen LogP contribution in [0.1, 0.15) is 5.56 Å². The molecule has 3 nitrogen and oxygen atoms in total. The van der Waals surface area contributed by atoms with Gasteiger partial charge in [-0.05, 0) is 37.4 Å². The number of carbonyl (C=O) groups is 1. The van der Waals surface area contributed by atoms with Gasteiger partial charge < -0.3 is 10.1 Å². The molecular weight excluding hydrogens is 270 g/mol. The number of hydrogen-bond acceptors (Lipinski definition) is 3. The van der Waals surface area contributed by atoms with Crippen molar-refractivity contribution in [2.45, 2.75) is 11.8 Å². The van der Waals surface area contributed by atoms with E-state index in [2.05, 4.69) is 5.32 Å². The van der Waals surface area contributed by atoms with Gasteiger partial charge in [-0.15, -0.1) is 11.8 Å². The van der Waals surface area contributed by atoms with Gasteiger partial charge in [0.15, 0.2) is 6.61 Å². The van der Waals surface area contributed by atoms with E-state index in [1.54, 1.807) is 11.8 Å². The van der Waals surface area contributed by atoms with E-state index in [1.165, 1.54) is 0 Å². The number of para-hydroxylation sites is 1. The number of nitrogens with one attached hydrogen (secondary N) is 1. The zero-order valence-corrected chi connectivity index (χ0v) is 12.4. The second-order valence-electron chi connectivity index (χ2n) is 4.35. The Bertz CT molecular complexity index is 581. The van der Waals surface area contributed by atoms with E-state index in [-0.39, 0.29) is 12.5 Å². The molecule has 0 radical (unpaired) electrons. The molecular formula is C16H17NO2S. The number of benzene rings is 2. The first kappa shape index (κ1) is 14.5. The lowest BCUT2D eigenvalue weighted by Crippen LogP contribution is -2.20. The van der Waals surface area contributed by atoms with Gasteiger partial charge in [0.05, 0.1) is 5.69 Å². The van der Waals surface area contributed by atoms with Crippen molar-refractivity contribution in [2.75, 3.05) is 18.2 Å². The smallest absolute Gasteiger partial charge is 0.262 e. The summed E-state index contributed by atoms with van der Waals surface area (Å²) in [6.07, 6.45) is 1.98. The van der Waals surface area contributed by atoms with Gasteiger partial charge in [0.25, 0.3) is 5.91 Å². The molecule has 2 aromatic rings. The van der Waals surface area contributed by atoms with E-state index in [4.69, 9.17) is 4.74 Å². The van der Waals surface area contributed by atoms with Crippen molar-refractivity contribution in [1.29, 1.82) is 0 Å². The van der Waals surface area contributed by atoms with E-state index >= 15 is 0 Å². The molecule has 0 atom stereocenters. The third-order valence-corrected chi connectivity index (χ3v) is 3.57. The summed E-state index contributed by atoms with van der Waals surface area (Å²) >= 11 is 1.60. The molecule has 1 N–H and O–H groups in total. The molecule has 0 unspecified atom stereocenters. The lowest BCUT2D eigenvalue weighted by Gasteiger charge is -2.10. The normalized spacial score (nSPS) is 10.1. The van der Waals surface area contributed by atoms with Gasteiger partial charge in [-0.2, -0.15) is 0 Å². The van der Waals surface area contributed by atoms with Crippen LogP contribution in [-0.2, 0) is 4.79 Å². The minimum Gasteiger partial charge on any atom is -0.484 e. The van der Waals surface area contributed by atoms with Crippen LogP contribution in [0.15, 0.2) is 53.4 Å². The van der Waals surface area contributed by atoms with E-state index < -0.39 is 0 Å². The molecule has 104 valence electrons. The molecule has 0 aliphatic rings. The fourth-order valence-electron chi connectivity index (χ4n) is 1.72. The zero-order chi connectivity index (χ0) is 14.4. The molecule has 1 amide bonds. The number of ether oxygens (including phenoxy) is 1. The van der Waals surface area contributed by atoms with Crippen LogP contribution in [-0.4, -0.2) is 18.8 Å². The van der Waals surface area contributed by atoms with Crippen molar-refractivity contribution in [3.05, 3.63) is 54.1 Å². The number of thioether (sulfide) groups is 1. The van der Waals surface area contributed by atoms with Crippen LogP contribution >= 0.6 is 11.8 Å². The summed E-state index contributed by atoms with van der Waals surface area (Å²) in [6.45, 7) is 2.02. The number of amides is 1. The van der Waals surface area contributed by atoms with Crippen LogP contribution in [0.2, 0.25) is 0 Å². The van der Waals surface area contributed by atoms with Crippen LogP contribution in [0.4, 0.5) is 5.69 Å². The summed E-state index contributed by atoms with van der Waals surface area (Å²) in [5.74, 6) is 0.538. The third-order valence-electron chi connectivity index (χ3n) is 2.77. The molecule has 0 aliphatic heterocycles. The maximum atomic E-state index is 11.9. The van der Waals surface area contributed by atoms with Crippen molar-refractivity contribution in [2.24, 2.45) is 0 Å². The fraction of sp³-hybridized carbons (Fsp3) is 0.188. The van der Waals surface area contributed by atoms with Gasteiger partial charge in [-0.25, -0.2) is 0 Å². The Kier molecular flexibility index (Phi) is 5.07. The van der Waals surface area contributed by atoms with E-state index in [1.807, 2.05) is 61.7 Å². The van der Waals surface area contributed by atoms with Crippen molar-refractivity contribution in [1.82, 2.24) is 0 Å². The van der Waals surface area contributed by atoms with Crippen LogP contribution in [0.25, 0.3) is 0 Å². The lowest BCUT2D eigenvalue weighted by atomic mass is 10.2. The summed E-state index contributed by atoms with van der Waals surface area (Å²) in [5, 5.41) is 2.86. The predicted octanol–water partition coefficient (Wildman–Crippen LogP) is 3.73. The van der Waals surface area contributed by atoms with Crippen LogP contribution < -0.4 is 10.1 Å². The number of anilines is 1. The average molecular weight is 287 g/mol. The molecule has 2 rings (SSSR count). The molecule has 0 saturated carbocycles. The SMILES string of the molecule is CSc1ccccc1NC(=O)COc1ccc(C)cc1. The van der Waals surface area contributed by atoms with E-state index in [0.717, 1.165) is 16.1 Å². The monoisotopic (exact) mass is 287 g/mol. The predicted molar refractivity (Wildman–Crippen MR) is 83.5 cm³/mol. The Labute approximate surface area is 123 Å². The molecule has 2 aromatic carbocycles. The molecule has 20 heavy (non-hydrogen) atoms. The maximum Gasteiger partial charge on any atom is 0.262 e. The van der Waals surface area contributed by atoms with Crippen molar-refractivity contribution >= 4 is 23.4 Å². The highest BCUT2D eigenvalue weighted by Crippen LogP contribution is 2.24. The first-order valence-corrected chi connectivity index (χ1v) is 7.54. The Morgan fingerprint density at radius 3 is 2.55 bits per heavy atom. The summed E-state index contributed by atoms with van der Waals surface area (Å²) in [7, 11) is 0. The summed E-state index contributed by atoms with van der Waals surface area (Å²) in [4.78, 5) is 12.9. The molecule has 0 aliphatic carbocycles. The highest BCUT2D eigenvalue weighted by Gasteiger charge is 2.06. The van der Waals surface area contributed by atoms with E-state index in [0.29, 0.717) is 5.75 Å². The van der Waals surface area contributed by atoms with E-state index in [9.17, 15) is 4.79 Å². The van der Waals surface area contributed by atoms with Gasteiger partial charge in [0.2, 0.25) is 0 Å². The van der Waals surface area contributed by atoms with Gasteiger partial charge in [-0.3, -0.25) is 4.79 Å². The van der Waals surface area contributed by atoms with Gasteiger partial charge in [-0.1, -0.05) is 29.8 Å².